The molecule has 0 radical (unpaired) electrons. The molecule has 1 amide bonds. The second-order valence-electron chi connectivity index (χ2n) is 3.15. The van der Waals surface area contributed by atoms with Gasteiger partial charge in [0.25, 0.3) is 5.95 Å². The van der Waals surface area contributed by atoms with Crippen molar-refractivity contribution in [2.45, 2.75) is 13.8 Å². The summed E-state index contributed by atoms with van der Waals surface area (Å²) in [6.45, 7) is 3.67. The highest BCUT2D eigenvalue weighted by atomic mass is 16.2. The average molecular weight is 183 g/mol. The Labute approximate surface area is 76.5 Å². The molecule has 0 atom stereocenters. The van der Waals surface area contributed by atoms with Crippen LogP contribution in [0, 0.1) is 5.92 Å². The van der Waals surface area contributed by atoms with Crippen LogP contribution in [0.1, 0.15) is 13.8 Å². The first-order chi connectivity index (χ1) is 6.04. The van der Waals surface area contributed by atoms with Gasteiger partial charge in [0.15, 0.2) is 0 Å². The number of anilines is 1. The number of hydrogen-bond acceptors (Lipinski definition) is 4. The van der Waals surface area contributed by atoms with Crippen LogP contribution in [0.5, 0.6) is 0 Å². The molecule has 0 saturated carbocycles. The first-order valence-corrected chi connectivity index (χ1v) is 4.04. The van der Waals surface area contributed by atoms with E-state index in [0.717, 1.165) is 0 Å². The number of carbonyl (C=O) groups excluding carboxylic acids is 1. The normalized spacial score (nSPS) is 10.5. The van der Waals surface area contributed by atoms with Gasteiger partial charge in [0.1, 0.15) is 0 Å². The molecule has 1 heterocycles. The van der Waals surface area contributed by atoms with Crippen LogP contribution >= 0.6 is 0 Å². The van der Waals surface area contributed by atoms with Crippen molar-refractivity contribution in [2.75, 3.05) is 11.9 Å². The number of amides is 1. The Kier molecular flexibility index (Phi) is 2.60. The number of carbonyl (C=O) groups is 1. The lowest BCUT2D eigenvalue weighted by Gasteiger charge is -2.16. The Bertz CT molecular complexity index is 306. The molecule has 0 bridgehead atoms. The maximum atomic E-state index is 11.5. The molecule has 1 aromatic rings. The van der Waals surface area contributed by atoms with Gasteiger partial charge in [-0.25, -0.2) is 4.68 Å². The van der Waals surface area contributed by atoms with Gasteiger partial charge >= 0.3 is 0 Å². The van der Waals surface area contributed by atoms with E-state index in [0.29, 0.717) is 5.95 Å². The molecule has 13 heavy (non-hydrogen) atoms. The minimum Gasteiger partial charge on any atom is -0.282 e. The highest BCUT2D eigenvalue weighted by Crippen LogP contribution is 2.08. The summed E-state index contributed by atoms with van der Waals surface area (Å²) in [6.07, 6.45) is 0. The fraction of sp³-hybridized carbons (Fsp3) is 0.714. The average Bonchev–Trinajstić information content (AvgIpc) is 2.48. The van der Waals surface area contributed by atoms with Gasteiger partial charge in [-0.1, -0.05) is 18.9 Å². The molecule has 0 aliphatic carbocycles. The third-order valence-electron chi connectivity index (χ3n) is 1.72. The zero-order valence-corrected chi connectivity index (χ0v) is 8.22. The third-order valence-corrected chi connectivity index (χ3v) is 1.72. The number of rotatable bonds is 2. The zero-order chi connectivity index (χ0) is 10.0. The molecule has 0 aliphatic heterocycles. The Morgan fingerprint density at radius 1 is 1.54 bits per heavy atom. The number of hydrogen-bond donors (Lipinski definition) is 0. The van der Waals surface area contributed by atoms with Gasteiger partial charge in [0.2, 0.25) is 5.91 Å². The van der Waals surface area contributed by atoms with Gasteiger partial charge in [0.05, 0.1) is 0 Å². The topological polar surface area (TPSA) is 63.9 Å². The molecule has 1 rings (SSSR count). The van der Waals surface area contributed by atoms with Gasteiger partial charge in [-0.3, -0.25) is 9.69 Å². The van der Waals surface area contributed by atoms with Gasteiger partial charge in [-0.05, 0) is 10.4 Å². The summed E-state index contributed by atoms with van der Waals surface area (Å²) in [5.41, 5.74) is 0. The van der Waals surface area contributed by atoms with Crippen LogP contribution in [0.15, 0.2) is 0 Å². The maximum absolute atomic E-state index is 11.5. The van der Waals surface area contributed by atoms with Crippen molar-refractivity contribution < 1.29 is 4.79 Å². The van der Waals surface area contributed by atoms with Crippen molar-refractivity contribution in [3.63, 3.8) is 0 Å². The van der Waals surface area contributed by atoms with E-state index >= 15 is 0 Å². The highest BCUT2D eigenvalue weighted by molar-refractivity contribution is 5.92. The number of tetrazole rings is 1. The van der Waals surface area contributed by atoms with Crippen LogP contribution in [-0.2, 0) is 11.8 Å². The van der Waals surface area contributed by atoms with Crippen molar-refractivity contribution in [1.82, 2.24) is 20.2 Å². The van der Waals surface area contributed by atoms with Crippen LogP contribution in [0.3, 0.4) is 0 Å². The van der Waals surface area contributed by atoms with E-state index < -0.39 is 0 Å². The number of aryl methyl sites for hydroxylation is 1. The molecule has 72 valence electrons. The van der Waals surface area contributed by atoms with Gasteiger partial charge < -0.3 is 0 Å². The lowest BCUT2D eigenvalue weighted by atomic mass is 10.2. The lowest BCUT2D eigenvalue weighted by Crippen LogP contribution is -2.32. The van der Waals surface area contributed by atoms with E-state index in [2.05, 4.69) is 15.5 Å². The van der Waals surface area contributed by atoms with Crippen molar-refractivity contribution in [3.05, 3.63) is 0 Å². The predicted octanol–water partition coefficient (Wildman–Crippen LogP) is -0.171. The molecular weight excluding hydrogens is 170 g/mol. The Morgan fingerprint density at radius 3 is 2.54 bits per heavy atom. The summed E-state index contributed by atoms with van der Waals surface area (Å²) in [4.78, 5) is 13.0. The van der Waals surface area contributed by atoms with Crippen LogP contribution < -0.4 is 4.90 Å². The predicted molar refractivity (Wildman–Crippen MR) is 47.0 cm³/mol. The second kappa shape index (κ2) is 3.51. The van der Waals surface area contributed by atoms with E-state index in [1.165, 1.54) is 9.58 Å². The van der Waals surface area contributed by atoms with Gasteiger partial charge in [0, 0.05) is 20.0 Å². The van der Waals surface area contributed by atoms with E-state index in [4.69, 9.17) is 0 Å². The van der Waals surface area contributed by atoms with Crippen molar-refractivity contribution in [3.8, 4) is 0 Å². The SMILES string of the molecule is CC(C)C(=O)N(C)c1nnnn1C. The standard InChI is InChI=1S/C7H13N5O/c1-5(2)6(13)11(3)7-8-9-10-12(7)4/h5H,1-4H3. The molecule has 0 unspecified atom stereocenters. The molecule has 0 spiro atoms. The summed E-state index contributed by atoms with van der Waals surface area (Å²) >= 11 is 0. The molecule has 0 aliphatic rings. The second-order valence-corrected chi connectivity index (χ2v) is 3.15. The first-order valence-electron chi connectivity index (χ1n) is 4.04. The Morgan fingerprint density at radius 2 is 2.15 bits per heavy atom. The minimum atomic E-state index is -0.0540. The van der Waals surface area contributed by atoms with E-state index in [9.17, 15) is 4.79 Å². The molecule has 6 nitrogen and oxygen atoms in total. The highest BCUT2D eigenvalue weighted by Gasteiger charge is 2.18. The summed E-state index contributed by atoms with van der Waals surface area (Å²) < 4.78 is 1.46. The Balaban J connectivity index is 2.85. The van der Waals surface area contributed by atoms with Gasteiger partial charge in [-0.2, -0.15) is 0 Å². The van der Waals surface area contributed by atoms with E-state index in [-0.39, 0.29) is 11.8 Å². The monoisotopic (exact) mass is 183 g/mol. The van der Waals surface area contributed by atoms with Crippen molar-refractivity contribution in [1.29, 1.82) is 0 Å². The molecular formula is C7H13N5O. The van der Waals surface area contributed by atoms with E-state index in [1.54, 1.807) is 14.1 Å². The van der Waals surface area contributed by atoms with Crippen LogP contribution in [0.25, 0.3) is 0 Å². The zero-order valence-electron chi connectivity index (χ0n) is 8.22. The fourth-order valence-corrected chi connectivity index (χ4v) is 0.995. The van der Waals surface area contributed by atoms with E-state index in [1.807, 2.05) is 13.8 Å². The third kappa shape index (κ3) is 1.82. The first kappa shape index (κ1) is 9.63. The van der Waals surface area contributed by atoms with Gasteiger partial charge in [-0.15, -0.1) is 0 Å². The molecule has 6 heteroatoms. The summed E-state index contributed by atoms with van der Waals surface area (Å²) in [6, 6.07) is 0. The molecule has 1 aromatic heterocycles. The lowest BCUT2D eigenvalue weighted by molar-refractivity contribution is -0.121. The molecule has 0 aromatic carbocycles. The number of nitrogens with zero attached hydrogens (tertiary/aromatic N) is 5. The fourth-order valence-electron chi connectivity index (χ4n) is 0.995. The minimum absolute atomic E-state index is 0.00194. The smallest absolute Gasteiger partial charge is 0.251 e. The van der Waals surface area contributed by atoms with Crippen LogP contribution in [-0.4, -0.2) is 33.2 Å². The number of aromatic nitrogens is 4. The largest absolute Gasteiger partial charge is 0.282 e. The van der Waals surface area contributed by atoms with Crippen LogP contribution in [0.4, 0.5) is 5.95 Å². The summed E-state index contributed by atoms with van der Waals surface area (Å²) in [5, 5.41) is 10.8. The summed E-state index contributed by atoms with van der Waals surface area (Å²) in [7, 11) is 3.35. The molecule has 0 N–H and O–H groups in total. The molecule has 0 saturated heterocycles. The maximum Gasteiger partial charge on any atom is 0.251 e. The Hall–Kier alpha value is -1.46. The van der Waals surface area contributed by atoms with Crippen molar-refractivity contribution >= 4 is 11.9 Å². The van der Waals surface area contributed by atoms with Crippen LogP contribution in [0.2, 0.25) is 0 Å². The summed E-state index contributed by atoms with van der Waals surface area (Å²) in [5.74, 6) is 0.401. The van der Waals surface area contributed by atoms with Crippen molar-refractivity contribution in [2.24, 2.45) is 13.0 Å². The molecule has 0 fully saturated rings. The quantitative estimate of drug-likeness (QED) is 0.638.